The van der Waals surface area contributed by atoms with Crippen LogP contribution in [0.4, 0.5) is 10.1 Å². The first-order valence-electron chi connectivity index (χ1n) is 9.34. The van der Waals surface area contributed by atoms with E-state index >= 15 is 0 Å². The Morgan fingerprint density at radius 3 is 2.33 bits per heavy atom. The summed E-state index contributed by atoms with van der Waals surface area (Å²) < 4.78 is 14.7. The lowest BCUT2D eigenvalue weighted by Gasteiger charge is -2.08. The monoisotopic (exact) mass is 399 g/mol. The molecule has 0 aliphatic rings. The summed E-state index contributed by atoms with van der Waals surface area (Å²) in [4.78, 5) is 25.4. The molecule has 0 unspecified atom stereocenters. The summed E-state index contributed by atoms with van der Waals surface area (Å²) in [6.45, 7) is 1.76. The Hall–Kier alpha value is -4.06. The predicted octanol–water partition coefficient (Wildman–Crippen LogP) is 4.80. The summed E-state index contributed by atoms with van der Waals surface area (Å²) in [6.07, 6.45) is 1.47. The molecule has 4 rings (SSSR count). The van der Waals surface area contributed by atoms with Gasteiger partial charge in [-0.3, -0.25) is 9.59 Å². The Kier molecular flexibility index (Phi) is 5.22. The molecule has 0 radical (unpaired) electrons. The van der Waals surface area contributed by atoms with Crippen molar-refractivity contribution < 1.29 is 14.0 Å². The number of hydrogen-bond acceptors (Lipinski definition) is 3. The number of ketones is 1. The van der Waals surface area contributed by atoms with Gasteiger partial charge in [-0.15, -0.1) is 0 Å². The van der Waals surface area contributed by atoms with E-state index in [0.29, 0.717) is 33.8 Å². The number of nitrogens with zero attached hydrogens (tertiary/aromatic N) is 2. The lowest BCUT2D eigenvalue weighted by molar-refractivity contribution is 0.102. The van der Waals surface area contributed by atoms with Gasteiger partial charge in [0.25, 0.3) is 5.91 Å². The molecule has 0 spiro atoms. The van der Waals surface area contributed by atoms with Crippen LogP contribution in [0.3, 0.4) is 0 Å². The molecule has 5 nitrogen and oxygen atoms in total. The van der Waals surface area contributed by atoms with Gasteiger partial charge in [0.15, 0.2) is 5.78 Å². The molecule has 0 bridgehead atoms. The molecule has 0 aliphatic heterocycles. The van der Waals surface area contributed by atoms with E-state index < -0.39 is 0 Å². The van der Waals surface area contributed by atoms with E-state index in [4.69, 9.17) is 0 Å². The van der Waals surface area contributed by atoms with E-state index in [2.05, 4.69) is 10.4 Å². The molecule has 0 saturated carbocycles. The topological polar surface area (TPSA) is 64.0 Å². The normalized spacial score (nSPS) is 10.6. The minimum absolute atomic E-state index is 0.119. The molecule has 1 heterocycles. The molecule has 0 atom stereocenters. The summed E-state index contributed by atoms with van der Waals surface area (Å²) in [5.74, 6) is -0.802. The quantitative estimate of drug-likeness (QED) is 0.490. The van der Waals surface area contributed by atoms with Gasteiger partial charge >= 0.3 is 0 Å². The van der Waals surface area contributed by atoms with Crippen molar-refractivity contribution in [1.82, 2.24) is 9.78 Å². The molecule has 1 amide bonds. The molecule has 0 saturated heterocycles. The van der Waals surface area contributed by atoms with Gasteiger partial charge in [0.1, 0.15) is 5.82 Å². The highest BCUT2D eigenvalue weighted by Crippen LogP contribution is 2.19. The van der Waals surface area contributed by atoms with Gasteiger partial charge in [-0.05, 0) is 43.3 Å². The minimum Gasteiger partial charge on any atom is -0.322 e. The highest BCUT2D eigenvalue weighted by atomic mass is 19.1. The Morgan fingerprint density at radius 1 is 0.900 bits per heavy atom. The standard InChI is InChI=1S/C24H18FN3O2/c1-16-22(15-26-28(16)21-12-10-19(25)11-13-21)24(30)27-20-9-5-8-18(14-20)23(29)17-6-3-2-4-7-17/h2-15H,1H3,(H,27,30). The van der Waals surface area contributed by atoms with Crippen LogP contribution in [0.2, 0.25) is 0 Å². The van der Waals surface area contributed by atoms with Gasteiger partial charge in [0, 0.05) is 16.8 Å². The average Bonchev–Trinajstić information content (AvgIpc) is 3.16. The largest absolute Gasteiger partial charge is 0.322 e. The summed E-state index contributed by atoms with van der Waals surface area (Å²) in [7, 11) is 0. The lowest BCUT2D eigenvalue weighted by Crippen LogP contribution is -2.13. The fraction of sp³-hybridized carbons (Fsp3) is 0.0417. The number of rotatable bonds is 5. The van der Waals surface area contributed by atoms with Crippen molar-refractivity contribution in [2.45, 2.75) is 6.92 Å². The van der Waals surface area contributed by atoms with Gasteiger partial charge in [-0.25, -0.2) is 9.07 Å². The average molecular weight is 399 g/mol. The summed E-state index contributed by atoms with van der Waals surface area (Å²) in [6, 6.07) is 21.6. The van der Waals surface area contributed by atoms with Crippen LogP contribution in [0.25, 0.3) is 5.69 Å². The van der Waals surface area contributed by atoms with E-state index in [1.165, 1.54) is 18.3 Å². The molecule has 3 aromatic carbocycles. The summed E-state index contributed by atoms with van der Waals surface area (Å²) in [5, 5.41) is 7.06. The number of hydrogen-bond donors (Lipinski definition) is 1. The SMILES string of the molecule is Cc1c(C(=O)Nc2cccc(C(=O)c3ccccc3)c2)cnn1-c1ccc(F)cc1. The molecule has 1 N–H and O–H groups in total. The highest BCUT2D eigenvalue weighted by Gasteiger charge is 2.16. The number of aromatic nitrogens is 2. The smallest absolute Gasteiger partial charge is 0.259 e. The van der Waals surface area contributed by atoms with E-state index in [1.807, 2.05) is 6.07 Å². The second kappa shape index (κ2) is 8.13. The van der Waals surface area contributed by atoms with Crippen LogP contribution < -0.4 is 5.32 Å². The Bertz CT molecular complexity index is 1210. The summed E-state index contributed by atoms with van der Waals surface area (Å²) >= 11 is 0. The maximum Gasteiger partial charge on any atom is 0.259 e. The zero-order valence-electron chi connectivity index (χ0n) is 16.2. The predicted molar refractivity (Wildman–Crippen MR) is 113 cm³/mol. The Balaban J connectivity index is 1.55. The number of halogens is 1. The second-order valence-electron chi connectivity index (χ2n) is 6.76. The van der Waals surface area contributed by atoms with E-state index in [-0.39, 0.29) is 17.5 Å². The van der Waals surface area contributed by atoms with Crippen LogP contribution in [-0.4, -0.2) is 21.5 Å². The molecule has 1 aromatic heterocycles. The molecule has 0 fully saturated rings. The van der Waals surface area contributed by atoms with Gasteiger partial charge in [0.2, 0.25) is 0 Å². The first-order chi connectivity index (χ1) is 14.5. The zero-order chi connectivity index (χ0) is 21.1. The van der Waals surface area contributed by atoms with Gasteiger partial charge in [-0.1, -0.05) is 42.5 Å². The number of carbonyl (C=O) groups excluding carboxylic acids is 2. The number of carbonyl (C=O) groups is 2. The summed E-state index contributed by atoms with van der Waals surface area (Å²) in [5.41, 5.74) is 3.24. The molecular formula is C24H18FN3O2. The van der Waals surface area contributed by atoms with Crippen molar-refractivity contribution in [3.05, 3.63) is 113 Å². The Labute approximate surface area is 172 Å². The zero-order valence-corrected chi connectivity index (χ0v) is 16.2. The van der Waals surface area contributed by atoms with Crippen LogP contribution in [0.5, 0.6) is 0 Å². The number of amides is 1. The van der Waals surface area contributed by atoms with Crippen molar-refractivity contribution in [2.75, 3.05) is 5.32 Å². The van der Waals surface area contributed by atoms with Gasteiger partial charge in [0.05, 0.1) is 23.1 Å². The van der Waals surface area contributed by atoms with Crippen molar-refractivity contribution in [3.8, 4) is 5.69 Å². The highest BCUT2D eigenvalue weighted by molar-refractivity contribution is 6.10. The van der Waals surface area contributed by atoms with Gasteiger partial charge < -0.3 is 5.32 Å². The van der Waals surface area contributed by atoms with Crippen LogP contribution >= 0.6 is 0 Å². The second-order valence-corrected chi connectivity index (χ2v) is 6.76. The Morgan fingerprint density at radius 2 is 1.60 bits per heavy atom. The first kappa shape index (κ1) is 19.3. The van der Waals surface area contributed by atoms with Crippen LogP contribution in [0, 0.1) is 12.7 Å². The third-order valence-electron chi connectivity index (χ3n) is 4.74. The van der Waals surface area contributed by atoms with E-state index in [9.17, 15) is 14.0 Å². The molecule has 4 aromatic rings. The number of nitrogens with one attached hydrogen (secondary N) is 1. The maximum absolute atomic E-state index is 13.2. The molecule has 30 heavy (non-hydrogen) atoms. The van der Waals surface area contributed by atoms with Crippen LogP contribution in [-0.2, 0) is 0 Å². The number of benzene rings is 3. The molecular weight excluding hydrogens is 381 g/mol. The van der Waals surface area contributed by atoms with E-state index in [0.717, 1.165) is 0 Å². The number of anilines is 1. The third kappa shape index (κ3) is 3.89. The first-order valence-corrected chi connectivity index (χ1v) is 9.34. The third-order valence-corrected chi connectivity index (χ3v) is 4.74. The fourth-order valence-electron chi connectivity index (χ4n) is 3.17. The maximum atomic E-state index is 13.2. The van der Waals surface area contributed by atoms with Crippen molar-refractivity contribution in [3.63, 3.8) is 0 Å². The van der Waals surface area contributed by atoms with E-state index in [1.54, 1.807) is 72.3 Å². The molecule has 148 valence electrons. The lowest BCUT2D eigenvalue weighted by atomic mass is 10.0. The molecule has 6 heteroatoms. The minimum atomic E-state index is -0.342. The van der Waals surface area contributed by atoms with Crippen molar-refractivity contribution in [2.24, 2.45) is 0 Å². The van der Waals surface area contributed by atoms with Crippen LogP contribution in [0.1, 0.15) is 32.0 Å². The molecule has 0 aliphatic carbocycles. The van der Waals surface area contributed by atoms with Crippen molar-refractivity contribution in [1.29, 1.82) is 0 Å². The van der Waals surface area contributed by atoms with Crippen molar-refractivity contribution >= 4 is 17.4 Å². The van der Waals surface area contributed by atoms with Crippen LogP contribution in [0.15, 0.2) is 85.1 Å². The van der Waals surface area contributed by atoms with Gasteiger partial charge in [-0.2, -0.15) is 5.10 Å². The fourth-order valence-corrected chi connectivity index (χ4v) is 3.17.